The molecule has 1 aromatic rings. The van der Waals surface area contributed by atoms with Gasteiger partial charge < -0.3 is 10.5 Å². The van der Waals surface area contributed by atoms with Gasteiger partial charge >= 0.3 is 0 Å². The Morgan fingerprint density at radius 1 is 1.25 bits per heavy atom. The van der Waals surface area contributed by atoms with Crippen molar-refractivity contribution in [3.05, 3.63) is 35.4 Å². The van der Waals surface area contributed by atoms with Crippen molar-refractivity contribution in [3.8, 4) is 0 Å². The molecule has 0 spiro atoms. The molecule has 1 aromatic carbocycles. The maximum atomic E-state index is 6.10. The Balaban J connectivity index is 1.82. The highest BCUT2D eigenvalue weighted by Crippen LogP contribution is 2.22. The molecule has 1 fully saturated rings. The summed E-state index contributed by atoms with van der Waals surface area (Å²) in [5.74, 6) is 0. The van der Waals surface area contributed by atoms with Crippen LogP contribution >= 0.6 is 0 Å². The quantitative estimate of drug-likeness (QED) is 0.845. The summed E-state index contributed by atoms with van der Waals surface area (Å²) in [6.07, 6.45) is 5.49. The number of rotatable bonds is 4. The molecule has 1 aliphatic carbocycles. The van der Waals surface area contributed by atoms with Gasteiger partial charge in [0.1, 0.15) is 0 Å². The van der Waals surface area contributed by atoms with Crippen LogP contribution in [0.4, 0.5) is 0 Å². The third-order valence-electron chi connectivity index (χ3n) is 3.32. The fourth-order valence-electron chi connectivity index (χ4n) is 2.20. The lowest BCUT2D eigenvalue weighted by atomic mass is 10.1. The van der Waals surface area contributed by atoms with E-state index < -0.39 is 0 Å². The maximum absolute atomic E-state index is 6.10. The Bertz CT molecular complexity index is 314. The monoisotopic (exact) mass is 219 g/mol. The first kappa shape index (κ1) is 11.6. The topological polar surface area (TPSA) is 35.2 Å². The number of benzene rings is 1. The van der Waals surface area contributed by atoms with Gasteiger partial charge in [-0.05, 0) is 25.3 Å². The van der Waals surface area contributed by atoms with Crippen molar-refractivity contribution in [2.45, 2.75) is 44.8 Å². The fraction of sp³-hybridized carbons (Fsp3) is 0.571. The second kappa shape index (κ2) is 5.46. The lowest BCUT2D eigenvalue weighted by Crippen LogP contribution is -2.20. The van der Waals surface area contributed by atoms with Gasteiger partial charge in [0.2, 0.25) is 0 Å². The van der Waals surface area contributed by atoms with Gasteiger partial charge in [-0.2, -0.15) is 0 Å². The van der Waals surface area contributed by atoms with Gasteiger partial charge in [-0.3, -0.25) is 0 Å². The predicted octanol–water partition coefficient (Wildman–Crippen LogP) is 2.95. The molecule has 0 radical (unpaired) electrons. The van der Waals surface area contributed by atoms with Gasteiger partial charge in [0.05, 0.1) is 18.8 Å². The second-order valence-corrected chi connectivity index (χ2v) is 4.76. The number of hydrogen-bond acceptors (Lipinski definition) is 2. The van der Waals surface area contributed by atoms with E-state index in [0.29, 0.717) is 12.7 Å². The SMILES string of the molecule is Cc1ccc(C(N)COC2CCCC2)cc1. The van der Waals surface area contributed by atoms with Crippen LogP contribution in [-0.2, 0) is 4.74 Å². The van der Waals surface area contributed by atoms with E-state index in [4.69, 9.17) is 10.5 Å². The Hall–Kier alpha value is -0.860. The zero-order valence-corrected chi connectivity index (χ0v) is 9.99. The summed E-state index contributed by atoms with van der Waals surface area (Å²) in [6, 6.07) is 8.41. The third-order valence-corrected chi connectivity index (χ3v) is 3.32. The molecule has 1 unspecified atom stereocenters. The Morgan fingerprint density at radius 2 is 1.88 bits per heavy atom. The van der Waals surface area contributed by atoms with Gasteiger partial charge in [0.25, 0.3) is 0 Å². The van der Waals surface area contributed by atoms with E-state index in [2.05, 4.69) is 31.2 Å². The first-order valence-electron chi connectivity index (χ1n) is 6.19. The van der Waals surface area contributed by atoms with Crippen LogP contribution in [0.1, 0.15) is 42.9 Å². The molecule has 88 valence electrons. The predicted molar refractivity (Wildman–Crippen MR) is 66.3 cm³/mol. The van der Waals surface area contributed by atoms with E-state index in [9.17, 15) is 0 Å². The molecule has 1 atom stereocenters. The summed E-state index contributed by atoms with van der Waals surface area (Å²) in [6.45, 7) is 2.73. The highest BCUT2D eigenvalue weighted by atomic mass is 16.5. The minimum absolute atomic E-state index is 0.0150. The van der Waals surface area contributed by atoms with Crippen molar-refractivity contribution < 1.29 is 4.74 Å². The molecule has 0 aromatic heterocycles. The van der Waals surface area contributed by atoms with Crippen molar-refractivity contribution in [2.75, 3.05) is 6.61 Å². The fourth-order valence-corrected chi connectivity index (χ4v) is 2.20. The zero-order chi connectivity index (χ0) is 11.4. The van der Waals surface area contributed by atoms with Crippen molar-refractivity contribution in [1.29, 1.82) is 0 Å². The Morgan fingerprint density at radius 3 is 2.50 bits per heavy atom. The Kier molecular flexibility index (Phi) is 3.97. The minimum Gasteiger partial charge on any atom is -0.376 e. The van der Waals surface area contributed by atoms with Crippen molar-refractivity contribution in [2.24, 2.45) is 5.73 Å². The van der Waals surface area contributed by atoms with Crippen LogP contribution in [-0.4, -0.2) is 12.7 Å². The molecule has 1 saturated carbocycles. The summed E-state index contributed by atoms with van der Waals surface area (Å²) < 4.78 is 5.82. The van der Waals surface area contributed by atoms with E-state index >= 15 is 0 Å². The number of ether oxygens (including phenoxy) is 1. The molecule has 2 nitrogen and oxygen atoms in total. The molecule has 0 heterocycles. The van der Waals surface area contributed by atoms with Crippen LogP contribution in [0.3, 0.4) is 0 Å². The molecule has 0 aliphatic heterocycles. The molecular formula is C14H21NO. The zero-order valence-electron chi connectivity index (χ0n) is 9.99. The van der Waals surface area contributed by atoms with E-state index in [1.165, 1.54) is 36.8 Å². The van der Waals surface area contributed by atoms with Gasteiger partial charge in [-0.15, -0.1) is 0 Å². The van der Waals surface area contributed by atoms with Gasteiger partial charge in [-0.1, -0.05) is 42.7 Å². The first-order chi connectivity index (χ1) is 7.75. The van der Waals surface area contributed by atoms with E-state index in [1.54, 1.807) is 0 Å². The maximum Gasteiger partial charge on any atom is 0.0663 e. The van der Waals surface area contributed by atoms with Crippen molar-refractivity contribution in [1.82, 2.24) is 0 Å². The van der Waals surface area contributed by atoms with Crippen LogP contribution in [0.5, 0.6) is 0 Å². The third kappa shape index (κ3) is 3.06. The number of aryl methyl sites for hydroxylation is 1. The first-order valence-corrected chi connectivity index (χ1v) is 6.19. The molecule has 0 amide bonds. The van der Waals surface area contributed by atoms with Crippen LogP contribution in [0.25, 0.3) is 0 Å². The van der Waals surface area contributed by atoms with Crippen molar-refractivity contribution >= 4 is 0 Å². The molecule has 2 N–H and O–H groups in total. The summed E-state index contributed by atoms with van der Waals surface area (Å²) >= 11 is 0. The summed E-state index contributed by atoms with van der Waals surface area (Å²) in [7, 11) is 0. The molecular weight excluding hydrogens is 198 g/mol. The van der Waals surface area contributed by atoms with Crippen molar-refractivity contribution in [3.63, 3.8) is 0 Å². The van der Waals surface area contributed by atoms with Crippen LogP contribution in [0.2, 0.25) is 0 Å². The standard InChI is InChI=1S/C14H21NO/c1-11-6-8-12(9-7-11)14(15)10-16-13-4-2-3-5-13/h6-9,13-14H,2-5,10,15H2,1H3. The molecule has 2 heteroatoms. The molecule has 1 aliphatic rings. The highest BCUT2D eigenvalue weighted by molar-refractivity contribution is 5.23. The average Bonchev–Trinajstić information content (AvgIpc) is 2.80. The summed E-state index contributed by atoms with van der Waals surface area (Å²) in [5, 5.41) is 0. The van der Waals surface area contributed by atoms with Crippen LogP contribution in [0, 0.1) is 6.92 Å². The minimum atomic E-state index is 0.0150. The molecule has 16 heavy (non-hydrogen) atoms. The summed E-state index contributed by atoms with van der Waals surface area (Å²) in [4.78, 5) is 0. The molecule has 0 bridgehead atoms. The van der Waals surface area contributed by atoms with Crippen LogP contribution in [0.15, 0.2) is 24.3 Å². The normalized spacial score (nSPS) is 18.9. The number of hydrogen-bond donors (Lipinski definition) is 1. The van der Waals surface area contributed by atoms with Gasteiger partial charge in [0, 0.05) is 0 Å². The largest absolute Gasteiger partial charge is 0.376 e. The van der Waals surface area contributed by atoms with Gasteiger partial charge in [-0.25, -0.2) is 0 Å². The highest BCUT2D eigenvalue weighted by Gasteiger charge is 2.16. The average molecular weight is 219 g/mol. The second-order valence-electron chi connectivity index (χ2n) is 4.76. The summed E-state index contributed by atoms with van der Waals surface area (Å²) in [5.41, 5.74) is 8.54. The molecule has 2 rings (SSSR count). The molecule has 0 saturated heterocycles. The van der Waals surface area contributed by atoms with Gasteiger partial charge in [0.15, 0.2) is 0 Å². The Labute approximate surface area is 97.8 Å². The lowest BCUT2D eigenvalue weighted by Gasteiger charge is -2.16. The smallest absolute Gasteiger partial charge is 0.0663 e. The van der Waals surface area contributed by atoms with E-state index in [-0.39, 0.29) is 6.04 Å². The van der Waals surface area contributed by atoms with Crippen LogP contribution < -0.4 is 5.73 Å². The lowest BCUT2D eigenvalue weighted by molar-refractivity contribution is 0.0489. The van der Waals surface area contributed by atoms with E-state index in [0.717, 1.165) is 0 Å². The number of nitrogens with two attached hydrogens (primary N) is 1. The van der Waals surface area contributed by atoms with E-state index in [1.807, 2.05) is 0 Å².